The lowest BCUT2D eigenvalue weighted by Gasteiger charge is -2.17. The first kappa shape index (κ1) is 15.3. The lowest BCUT2D eigenvalue weighted by Crippen LogP contribution is -2.40. The van der Waals surface area contributed by atoms with E-state index in [4.69, 9.17) is 5.11 Å². The standard InChI is InChI=1S/C15H16N2O3S2/c18-13(16-10-6-3-4-9(10)14(19)20)8-21-15-17-11-5-1-2-7-12(11)22-15/h1-2,5,7,9-10H,3-4,6,8H2,(H,16,18)(H,19,20)/t9-,10+/m1/s1. The molecule has 1 amide bonds. The number of para-hydroxylation sites is 1. The van der Waals surface area contributed by atoms with Crippen LogP contribution >= 0.6 is 23.1 Å². The molecular weight excluding hydrogens is 320 g/mol. The van der Waals surface area contributed by atoms with Crippen molar-refractivity contribution in [1.82, 2.24) is 10.3 Å². The van der Waals surface area contributed by atoms with E-state index in [0.717, 1.165) is 27.4 Å². The van der Waals surface area contributed by atoms with Gasteiger partial charge in [-0.1, -0.05) is 30.3 Å². The van der Waals surface area contributed by atoms with Gasteiger partial charge >= 0.3 is 5.97 Å². The van der Waals surface area contributed by atoms with Gasteiger partial charge in [0.1, 0.15) is 0 Å². The molecule has 3 rings (SSSR count). The summed E-state index contributed by atoms with van der Waals surface area (Å²) < 4.78 is 1.96. The molecule has 1 saturated carbocycles. The van der Waals surface area contributed by atoms with E-state index in [0.29, 0.717) is 6.42 Å². The fourth-order valence-corrected chi connectivity index (χ4v) is 4.60. The molecule has 2 atom stereocenters. The largest absolute Gasteiger partial charge is 0.481 e. The Morgan fingerprint density at radius 1 is 1.36 bits per heavy atom. The SMILES string of the molecule is O=C(CSc1nc2ccccc2s1)N[C@H]1CCC[C@H]1C(=O)O. The molecule has 1 fully saturated rings. The lowest BCUT2D eigenvalue weighted by atomic mass is 10.0. The molecule has 22 heavy (non-hydrogen) atoms. The molecule has 1 aliphatic carbocycles. The van der Waals surface area contributed by atoms with Crippen molar-refractivity contribution in [3.63, 3.8) is 0 Å². The molecular formula is C15H16N2O3S2. The van der Waals surface area contributed by atoms with E-state index in [-0.39, 0.29) is 17.7 Å². The normalized spacial score (nSPS) is 21.1. The number of hydrogen-bond donors (Lipinski definition) is 2. The van der Waals surface area contributed by atoms with E-state index in [2.05, 4.69) is 10.3 Å². The van der Waals surface area contributed by atoms with Crippen LogP contribution in [-0.2, 0) is 9.59 Å². The van der Waals surface area contributed by atoms with Crippen LogP contribution in [0.25, 0.3) is 10.2 Å². The van der Waals surface area contributed by atoms with Crippen LogP contribution in [0.5, 0.6) is 0 Å². The number of aliphatic carboxylic acids is 1. The van der Waals surface area contributed by atoms with Gasteiger partial charge in [-0.05, 0) is 25.0 Å². The predicted octanol–water partition coefficient (Wildman–Crippen LogP) is 2.76. The van der Waals surface area contributed by atoms with Gasteiger partial charge in [0.15, 0.2) is 4.34 Å². The Labute approximate surface area is 136 Å². The Kier molecular flexibility index (Phi) is 4.63. The van der Waals surface area contributed by atoms with Crippen LogP contribution in [0.2, 0.25) is 0 Å². The quantitative estimate of drug-likeness (QED) is 0.821. The van der Waals surface area contributed by atoms with Gasteiger partial charge < -0.3 is 10.4 Å². The molecule has 2 N–H and O–H groups in total. The molecule has 0 bridgehead atoms. The summed E-state index contributed by atoms with van der Waals surface area (Å²) in [5.74, 6) is -1.12. The first-order valence-electron chi connectivity index (χ1n) is 7.14. The summed E-state index contributed by atoms with van der Waals surface area (Å²) in [4.78, 5) is 27.6. The highest BCUT2D eigenvalue weighted by molar-refractivity contribution is 8.01. The number of fused-ring (bicyclic) bond motifs is 1. The third-order valence-electron chi connectivity index (χ3n) is 3.78. The fourth-order valence-electron chi connectivity index (χ4n) is 2.72. The van der Waals surface area contributed by atoms with E-state index in [9.17, 15) is 9.59 Å². The maximum absolute atomic E-state index is 12.0. The van der Waals surface area contributed by atoms with Crippen LogP contribution in [0.4, 0.5) is 0 Å². The monoisotopic (exact) mass is 336 g/mol. The van der Waals surface area contributed by atoms with E-state index < -0.39 is 11.9 Å². The number of aromatic nitrogens is 1. The maximum atomic E-state index is 12.0. The zero-order valence-corrected chi connectivity index (χ0v) is 13.5. The van der Waals surface area contributed by atoms with Crippen LogP contribution < -0.4 is 5.32 Å². The number of rotatable bonds is 5. The van der Waals surface area contributed by atoms with Crippen LogP contribution in [0.3, 0.4) is 0 Å². The Morgan fingerprint density at radius 3 is 2.95 bits per heavy atom. The minimum absolute atomic E-state index is 0.123. The molecule has 2 aromatic rings. The maximum Gasteiger partial charge on any atom is 0.308 e. The van der Waals surface area contributed by atoms with Gasteiger partial charge in [0.05, 0.1) is 21.9 Å². The smallest absolute Gasteiger partial charge is 0.308 e. The number of carbonyl (C=O) groups is 2. The number of nitrogens with one attached hydrogen (secondary N) is 1. The Balaban J connectivity index is 1.55. The van der Waals surface area contributed by atoms with Crippen LogP contribution in [0.1, 0.15) is 19.3 Å². The molecule has 0 spiro atoms. The van der Waals surface area contributed by atoms with Crippen molar-refractivity contribution in [3.05, 3.63) is 24.3 Å². The molecule has 7 heteroatoms. The number of nitrogens with zero attached hydrogens (tertiary/aromatic N) is 1. The molecule has 0 radical (unpaired) electrons. The van der Waals surface area contributed by atoms with E-state index in [1.54, 1.807) is 11.3 Å². The molecule has 1 heterocycles. The average molecular weight is 336 g/mol. The van der Waals surface area contributed by atoms with Gasteiger partial charge in [-0.25, -0.2) is 4.98 Å². The summed E-state index contributed by atoms with van der Waals surface area (Å²) in [7, 11) is 0. The average Bonchev–Trinajstić information content (AvgIpc) is 3.10. The Morgan fingerprint density at radius 2 is 2.18 bits per heavy atom. The molecule has 0 unspecified atom stereocenters. The van der Waals surface area contributed by atoms with Gasteiger partial charge in [-0.15, -0.1) is 11.3 Å². The van der Waals surface area contributed by atoms with Gasteiger partial charge in [-0.3, -0.25) is 9.59 Å². The molecule has 0 saturated heterocycles. The first-order chi connectivity index (χ1) is 10.6. The summed E-state index contributed by atoms with van der Waals surface area (Å²) in [6, 6.07) is 7.63. The van der Waals surface area contributed by atoms with E-state index in [1.165, 1.54) is 11.8 Å². The second kappa shape index (κ2) is 6.66. The minimum Gasteiger partial charge on any atom is -0.481 e. The highest BCUT2D eigenvalue weighted by Crippen LogP contribution is 2.29. The summed E-state index contributed by atoms with van der Waals surface area (Å²) in [5, 5.41) is 12.0. The van der Waals surface area contributed by atoms with Gasteiger partial charge in [0.2, 0.25) is 5.91 Å². The van der Waals surface area contributed by atoms with Gasteiger partial charge in [0.25, 0.3) is 0 Å². The second-order valence-corrected chi connectivity index (χ2v) is 7.54. The van der Waals surface area contributed by atoms with Gasteiger partial charge in [-0.2, -0.15) is 0 Å². The van der Waals surface area contributed by atoms with Crippen LogP contribution in [0.15, 0.2) is 28.6 Å². The van der Waals surface area contributed by atoms with Gasteiger partial charge in [0, 0.05) is 6.04 Å². The first-order valence-corrected chi connectivity index (χ1v) is 8.94. The topological polar surface area (TPSA) is 79.3 Å². The van der Waals surface area contributed by atoms with Crippen molar-refractivity contribution in [2.45, 2.75) is 29.6 Å². The number of carboxylic acid groups (broad SMARTS) is 1. The van der Waals surface area contributed by atoms with E-state index >= 15 is 0 Å². The van der Waals surface area contributed by atoms with Crippen molar-refractivity contribution >= 4 is 45.2 Å². The lowest BCUT2D eigenvalue weighted by molar-refractivity contribution is -0.142. The highest BCUT2D eigenvalue weighted by atomic mass is 32.2. The summed E-state index contributed by atoms with van der Waals surface area (Å²) in [5.41, 5.74) is 0.942. The predicted molar refractivity (Wildman–Crippen MR) is 87.3 cm³/mol. The number of carbonyl (C=O) groups excluding carboxylic acids is 1. The van der Waals surface area contributed by atoms with E-state index in [1.807, 2.05) is 24.3 Å². The summed E-state index contributed by atoms with van der Waals surface area (Å²) >= 11 is 2.96. The number of thiazole rings is 1. The molecule has 1 aromatic heterocycles. The molecule has 116 valence electrons. The van der Waals surface area contributed by atoms with Crippen LogP contribution in [-0.4, -0.2) is 33.8 Å². The molecule has 0 aliphatic heterocycles. The van der Waals surface area contributed by atoms with Crippen molar-refractivity contribution in [2.75, 3.05) is 5.75 Å². The molecule has 1 aromatic carbocycles. The number of carboxylic acids is 1. The van der Waals surface area contributed by atoms with Crippen LogP contribution in [0, 0.1) is 5.92 Å². The summed E-state index contributed by atoms with van der Waals surface area (Å²) in [6.07, 6.45) is 2.24. The second-order valence-electron chi connectivity index (χ2n) is 5.29. The third kappa shape index (κ3) is 3.41. The zero-order valence-electron chi connectivity index (χ0n) is 11.8. The Bertz CT molecular complexity index is 668. The Hall–Kier alpha value is -1.60. The number of amides is 1. The van der Waals surface area contributed by atoms with Crippen molar-refractivity contribution in [2.24, 2.45) is 5.92 Å². The fraction of sp³-hybridized carbons (Fsp3) is 0.400. The summed E-state index contributed by atoms with van der Waals surface area (Å²) in [6.45, 7) is 0. The zero-order chi connectivity index (χ0) is 15.5. The molecule has 5 nitrogen and oxygen atoms in total. The minimum atomic E-state index is -0.818. The number of hydrogen-bond acceptors (Lipinski definition) is 5. The van der Waals surface area contributed by atoms with Crippen molar-refractivity contribution < 1.29 is 14.7 Å². The number of thioether (sulfide) groups is 1. The number of benzene rings is 1. The van der Waals surface area contributed by atoms with Crippen molar-refractivity contribution in [1.29, 1.82) is 0 Å². The molecule has 1 aliphatic rings. The van der Waals surface area contributed by atoms with Crippen molar-refractivity contribution in [3.8, 4) is 0 Å². The third-order valence-corrected chi connectivity index (χ3v) is 5.96. The highest BCUT2D eigenvalue weighted by Gasteiger charge is 2.33.